The van der Waals surface area contributed by atoms with Gasteiger partial charge in [-0.3, -0.25) is 0 Å². The zero-order chi connectivity index (χ0) is 23.4. The number of hydrogen-bond donors (Lipinski definition) is 0. The van der Waals surface area contributed by atoms with Crippen molar-refractivity contribution in [3.8, 4) is 0 Å². The molecule has 1 heteroatoms. The van der Waals surface area contributed by atoms with Crippen molar-refractivity contribution in [2.75, 3.05) is 0 Å². The Morgan fingerprint density at radius 3 is 1.40 bits per heavy atom. The molecule has 0 radical (unpaired) electrons. The van der Waals surface area contributed by atoms with Crippen LogP contribution in [-0.4, -0.2) is 0 Å². The van der Waals surface area contributed by atoms with Gasteiger partial charge in [0.1, 0.15) is 0 Å². The minimum absolute atomic E-state index is 0.177. The Bertz CT molecular complexity index is 1720. The predicted octanol–water partition coefficient (Wildman–Crippen LogP) is 9.43. The molecule has 0 spiro atoms. The van der Waals surface area contributed by atoms with Crippen molar-refractivity contribution < 1.29 is 0 Å². The zero-order valence-electron chi connectivity index (χ0n) is 19.2. The first-order chi connectivity index (χ1) is 17.3. The van der Waals surface area contributed by atoms with E-state index in [2.05, 4.69) is 143 Å². The average Bonchev–Trinajstić information content (AvgIpc) is 2.91. The van der Waals surface area contributed by atoms with Gasteiger partial charge in [-0.2, -0.15) is 0 Å². The smallest absolute Gasteiger partial charge is 0.0352 e. The lowest BCUT2D eigenvalue weighted by Crippen LogP contribution is -2.20. The van der Waals surface area contributed by atoms with Crippen molar-refractivity contribution in [1.82, 2.24) is 0 Å². The van der Waals surface area contributed by atoms with Crippen molar-refractivity contribution in [3.63, 3.8) is 0 Å². The van der Waals surface area contributed by atoms with Gasteiger partial charge < -0.3 is 0 Å². The van der Waals surface area contributed by atoms with Crippen molar-refractivity contribution in [2.24, 2.45) is 0 Å². The molecule has 0 N–H and O–H groups in total. The molecule has 166 valence electrons. The molecule has 0 saturated carbocycles. The van der Waals surface area contributed by atoms with Gasteiger partial charge in [-0.05, 0) is 67.1 Å². The van der Waals surface area contributed by atoms with E-state index in [-0.39, 0.29) is 11.8 Å². The fourth-order valence-corrected chi connectivity index (χ4v) is 6.48. The third-order valence-electron chi connectivity index (χ3n) is 7.56. The van der Waals surface area contributed by atoms with Gasteiger partial charge in [-0.15, -0.1) is 0 Å². The summed E-state index contributed by atoms with van der Waals surface area (Å²) in [5.41, 5.74) is 8.30. The first-order valence-corrected chi connectivity index (χ1v) is 12.9. The highest BCUT2D eigenvalue weighted by Gasteiger charge is 2.35. The first kappa shape index (κ1) is 20.7. The van der Waals surface area contributed by atoms with E-state index in [4.69, 9.17) is 0 Å². The second-order valence-corrected chi connectivity index (χ2v) is 10.3. The summed E-state index contributed by atoms with van der Waals surface area (Å²) < 4.78 is 1.12. The molecule has 6 aromatic carbocycles. The summed E-state index contributed by atoms with van der Waals surface area (Å²) in [5.74, 6) is 0.364. The minimum atomic E-state index is 0.177. The summed E-state index contributed by atoms with van der Waals surface area (Å²) in [6.07, 6.45) is 0. The molecule has 0 bridgehead atoms. The maximum atomic E-state index is 3.80. The SMILES string of the molecule is Brc1ccc2c(c1)C(c1cccc3ccccc13)c1ccccc1C2c1cccc2ccccc12. The van der Waals surface area contributed by atoms with Gasteiger partial charge >= 0.3 is 0 Å². The molecule has 1 aliphatic carbocycles. The van der Waals surface area contributed by atoms with Crippen LogP contribution < -0.4 is 0 Å². The van der Waals surface area contributed by atoms with E-state index in [0.717, 1.165) is 4.47 Å². The van der Waals surface area contributed by atoms with Gasteiger partial charge in [0.2, 0.25) is 0 Å². The lowest BCUT2D eigenvalue weighted by molar-refractivity contribution is 0.829. The monoisotopic (exact) mass is 510 g/mol. The van der Waals surface area contributed by atoms with E-state index in [1.54, 1.807) is 0 Å². The number of hydrogen-bond acceptors (Lipinski definition) is 0. The van der Waals surface area contributed by atoms with Gasteiger partial charge in [0, 0.05) is 16.3 Å². The summed E-state index contributed by atoms with van der Waals surface area (Å²) in [4.78, 5) is 0. The Hall–Kier alpha value is -3.68. The molecule has 1 aliphatic rings. The number of rotatable bonds is 2. The van der Waals surface area contributed by atoms with Crippen LogP contribution in [0.15, 0.2) is 132 Å². The topological polar surface area (TPSA) is 0 Å². The first-order valence-electron chi connectivity index (χ1n) is 12.1. The Morgan fingerprint density at radius 1 is 0.371 bits per heavy atom. The molecular weight excluding hydrogens is 488 g/mol. The maximum absolute atomic E-state index is 3.80. The predicted molar refractivity (Wildman–Crippen MR) is 150 cm³/mol. The van der Waals surface area contributed by atoms with Gasteiger partial charge in [-0.1, -0.05) is 131 Å². The zero-order valence-corrected chi connectivity index (χ0v) is 20.7. The lowest BCUT2D eigenvalue weighted by atomic mass is 9.67. The Balaban J connectivity index is 1.56. The number of benzene rings is 6. The van der Waals surface area contributed by atoms with E-state index in [1.807, 2.05) is 0 Å². The van der Waals surface area contributed by atoms with Crippen molar-refractivity contribution in [2.45, 2.75) is 11.8 Å². The fraction of sp³-hybridized carbons (Fsp3) is 0.0588. The van der Waals surface area contributed by atoms with Crippen LogP contribution >= 0.6 is 15.9 Å². The van der Waals surface area contributed by atoms with E-state index >= 15 is 0 Å². The van der Waals surface area contributed by atoms with Crippen LogP contribution in [0.2, 0.25) is 0 Å². The molecule has 35 heavy (non-hydrogen) atoms. The molecule has 2 unspecified atom stereocenters. The lowest BCUT2D eigenvalue weighted by Gasteiger charge is -2.36. The van der Waals surface area contributed by atoms with E-state index in [1.165, 1.54) is 54.9 Å². The van der Waals surface area contributed by atoms with Crippen LogP contribution in [-0.2, 0) is 0 Å². The summed E-state index contributed by atoms with van der Waals surface area (Å²) in [6.45, 7) is 0. The largest absolute Gasteiger partial charge is 0.0619 e. The number of fused-ring (bicyclic) bond motifs is 4. The van der Waals surface area contributed by atoms with Gasteiger partial charge in [0.05, 0.1) is 0 Å². The standard InChI is InChI=1S/C34H23Br/c35-24-19-20-31-32(21-24)34(28-18-8-12-23-10-2-4-14-26(23)28)30-16-6-5-15-29(30)33(31)27-17-7-11-22-9-1-3-13-25(22)27/h1-21,33-34H. The van der Waals surface area contributed by atoms with Crippen LogP contribution in [0.5, 0.6) is 0 Å². The molecule has 0 aromatic heterocycles. The fourth-order valence-electron chi connectivity index (χ4n) is 6.10. The Kier molecular flexibility index (Phi) is 4.85. The van der Waals surface area contributed by atoms with E-state index in [9.17, 15) is 0 Å². The molecule has 0 saturated heterocycles. The van der Waals surface area contributed by atoms with Gasteiger partial charge in [0.15, 0.2) is 0 Å². The maximum Gasteiger partial charge on any atom is 0.0352 e. The van der Waals surface area contributed by atoms with Gasteiger partial charge in [0.25, 0.3) is 0 Å². The van der Waals surface area contributed by atoms with Gasteiger partial charge in [-0.25, -0.2) is 0 Å². The van der Waals surface area contributed by atoms with E-state index in [0.29, 0.717) is 0 Å². The summed E-state index contributed by atoms with van der Waals surface area (Å²) in [6, 6.07) is 46.9. The van der Waals surface area contributed by atoms with Crippen LogP contribution in [0.3, 0.4) is 0 Å². The molecule has 0 nitrogen and oxygen atoms in total. The molecule has 0 fully saturated rings. The summed E-state index contributed by atoms with van der Waals surface area (Å²) in [7, 11) is 0. The van der Waals surface area contributed by atoms with Crippen molar-refractivity contribution >= 4 is 37.5 Å². The van der Waals surface area contributed by atoms with Crippen LogP contribution in [0.25, 0.3) is 21.5 Å². The highest BCUT2D eigenvalue weighted by molar-refractivity contribution is 9.10. The summed E-state index contributed by atoms with van der Waals surface area (Å²) >= 11 is 3.80. The molecule has 7 rings (SSSR count). The molecule has 2 atom stereocenters. The molecule has 0 amide bonds. The van der Waals surface area contributed by atoms with Crippen LogP contribution in [0.4, 0.5) is 0 Å². The van der Waals surface area contributed by atoms with Crippen LogP contribution in [0, 0.1) is 0 Å². The van der Waals surface area contributed by atoms with Crippen LogP contribution in [0.1, 0.15) is 45.2 Å². The van der Waals surface area contributed by atoms with Crippen molar-refractivity contribution in [3.05, 3.63) is 165 Å². The molecule has 6 aromatic rings. The number of halogens is 1. The molecule has 0 heterocycles. The van der Waals surface area contributed by atoms with E-state index < -0.39 is 0 Å². The summed E-state index contributed by atoms with van der Waals surface area (Å²) in [5, 5.41) is 5.23. The molecular formula is C34H23Br. The highest BCUT2D eigenvalue weighted by atomic mass is 79.9. The Labute approximate surface area is 214 Å². The second-order valence-electron chi connectivity index (χ2n) is 9.40. The Morgan fingerprint density at radius 2 is 0.800 bits per heavy atom. The van der Waals surface area contributed by atoms with Crippen molar-refractivity contribution in [1.29, 1.82) is 0 Å². The minimum Gasteiger partial charge on any atom is -0.0619 e. The quantitative estimate of drug-likeness (QED) is 0.217. The normalized spacial score (nSPS) is 16.7. The molecule has 0 aliphatic heterocycles. The average molecular weight is 511 g/mol. The second kappa shape index (κ2) is 8.22. The highest BCUT2D eigenvalue weighted by Crippen LogP contribution is 2.51. The third kappa shape index (κ3) is 3.26. The third-order valence-corrected chi connectivity index (χ3v) is 8.05.